The topological polar surface area (TPSA) is 68.0 Å². The van der Waals surface area contributed by atoms with Crippen molar-refractivity contribution < 1.29 is 9.53 Å². The third-order valence-corrected chi connectivity index (χ3v) is 3.67. The van der Waals surface area contributed by atoms with Crippen LogP contribution < -0.4 is 5.49 Å². The van der Waals surface area contributed by atoms with Crippen LogP contribution in [-0.4, -0.2) is 22.1 Å². The van der Waals surface area contributed by atoms with Gasteiger partial charge in [-0.2, -0.15) is 0 Å². The fraction of sp³-hybridized carbons (Fsp3) is 0.118. The molecule has 1 aromatic heterocycles. The first-order chi connectivity index (χ1) is 11.1. The van der Waals surface area contributed by atoms with E-state index >= 15 is 0 Å². The van der Waals surface area contributed by atoms with Gasteiger partial charge in [0.25, 0.3) is 0 Å². The molecule has 7 heteroatoms. The number of rotatable bonds is 3. The van der Waals surface area contributed by atoms with Crippen molar-refractivity contribution in [2.24, 2.45) is 0 Å². The van der Waals surface area contributed by atoms with Gasteiger partial charge in [0.15, 0.2) is 0 Å². The molecule has 0 atom stereocenters. The molecule has 3 rings (SSSR count). The van der Waals surface area contributed by atoms with Crippen LogP contribution in [0.2, 0.25) is 5.28 Å². The Kier molecular flexibility index (Phi) is 5.59. The van der Waals surface area contributed by atoms with Gasteiger partial charge in [0.05, 0.1) is 23.4 Å². The summed E-state index contributed by atoms with van der Waals surface area (Å²) in [5, 5.41) is 9.26. The lowest BCUT2D eigenvalue weighted by Crippen LogP contribution is -2.20. The van der Waals surface area contributed by atoms with Crippen molar-refractivity contribution in [3.63, 3.8) is 0 Å². The lowest BCUT2D eigenvalue weighted by molar-refractivity contribution is 0.0526. The number of esters is 1. The molecule has 0 amide bonds. The Balaban J connectivity index is 0.00000208. The fourth-order valence-electron chi connectivity index (χ4n) is 2.33. The minimum Gasteiger partial charge on any atom is -0.462 e. The molecule has 3 aromatic rings. The highest BCUT2D eigenvalue weighted by Crippen LogP contribution is 2.17. The van der Waals surface area contributed by atoms with Gasteiger partial charge in [-0.15, -0.1) is 12.4 Å². The van der Waals surface area contributed by atoms with E-state index in [9.17, 15) is 4.79 Å². The molecule has 0 spiro atoms. The highest BCUT2D eigenvalue weighted by molar-refractivity contribution is 6.29. The normalized spacial score (nSPS) is 10.2. The van der Waals surface area contributed by atoms with Gasteiger partial charge in [0, 0.05) is 5.39 Å². The Morgan fingerprint density at radius 3 is 2.54 bits per heavy atom. The van der Waals surface area contributed by atoms with Gasteiger partial charge >= 0.3 is 5.97 Å². The average Bonchev–Trinajstić information content (AvgIpc) is 2.56. The van der Waals surface area contributed by atoms with E-state index in [1.54, 1.807) is 31.2 Å². The summed E-state index contributed by atoms with van der Waals surface area (Å²) in [5.74, 6) is -0.377. The van der Waals surface area contributed by atoms with Crippen LogP contribution >= 0.6 is 24.0 Å². The summed E-state index contributed by atoms with van der Waals surface area (Å²) >= 11 is 6.24. The van der Waals surface area contributed by atoms with E-state index < -0.39 is 0 Å². The molecule has 1 N–H and O–H groups in total. The predicted molar refractivity (Wildman–Crippen MR) is 95.1 cm³/mol. The second kappa shape index (κ2) is 7.47. The zero-order valence-electron chi connectivity index (χ0n) is 12.8. The number of para-hydroxylation sites is 1. The average molecular weight is 364 g/mol. The summed E-state index contributed by atoms with van der Waals surface area (Å²) in [6, 6.07) is 14.1. The van der Waals surface area contributed by atoms with Gasteiger partial charge < -0.3 is 4.74 Å². The van der Waals surface area contributed by atoms with E-state index in [2.05, 4.69) is 4.98 Å². The molecule has 124 valence electrons. The molecule has 0 radical (unpaired) electrons. The Bertz CT molecular complexity index is 937. The highest BCUT2D eigenvalue weighted by atomic mass is 35.5. The molecular weight excluding hydrogens is 349 g/mol. The molecule has 0 fully saturated rings. The van der Waals surface area contributed by atoms with Crippen molar-refractivity contribution in [2.75, 3.05) is 6.61 Å². The maximum atomic E-state index is 11.7. The zero-order valence-corrected chi connectivity index (χ0v) is 14.4. The van der Waals surface area contributed by atoms with E-state index in [0.29, 0.717) is 28.8 Å². The van der Waals surface area contributed by atoms with E-state index in [1.807, 2.05) is 24.3 Å². The molecule has 0 aliphatic carbocycles. The molecule has 0 aliphatic heterocycles. The van der Waals surface area contributed by atoms with Crippen LogP contribution in [0.15, 0.2) is 48.5 Å². The van der Waals surface area contributed by atoms with E-state index in [-0.39, 0.29) is 29.1 Å². The number of aromatic nitrogens is 2. The van der Waals surface area contributed by atoms with Crippen molar-refractivity contribution in [1.82, 2.24) is 9.55 Å². The number of fused-ring (bicyclic) bond motifs is 1. The van der Waals surface area contributed by atoms with E-state index in [1.165, 1.54) is 4.57 Å². The molecule has 0 bridgehead atoms. The number of carbonyl (C=O) groups is 1. The molecule has 2 aromatic carbocycles. The molecule has 0 aliphatic rings. The zero-order chi connectivity index (χ0) is 16.4. The molecule has 24 heavy (non-hydrogen) atoms. The Morgan fingerprint density at radius 2 is 1.88 bits per heavy atom. The Hall–Kier alpha value is -2.37. The smallest absolute Gasteiger partial charge is 0.338 e. The standard InChI is InChI=1S/C17H14ClN3O2.ClH/c1-2-23-16(22)11-7-9-12(10-8-11)21-15(19)13-5-3-4-6-14(13)20-17(21)18;/h3-10,19H,2H2,1H3;1H. The maximum Gasteiger partial charge on any atom is 0.338 e. The molecule has 0 saturated heterocycles. The number of nitrogens with one attached hydrogen (secondary N) is 1. The summed E-state index contributed by atoms with van der Waals surface area (Å²) in [6.07, 6.45) is 0. The van der Waals surface area contributed by atoms with Crippen molar-refractivity contribution in [3.8, 4) is 5.69 Å². The summed E-state index contributed by atoms with van der Waals surface area (Å²) in [5.41, 5.74) is 2.02. The van der Waals surface area contributed by atoms with Gasteiger partial charge in [-0.1, -0.05) is 12.1 Å². The largest absolute Gasteiger partial charge is 0.462 e. The minimum absolute atomic E-state index is 0. The summed E-state index contributed by atoms with van der Waals surface area (Å²) in [7, 11) is 0. The first-order valence-electron chi connectivity index (χ1n) is 7.11. The quantitative estimate of drug-likeness (QED) is 0.568. The van der Waals surface area contributed by atoms with Crippen LogP contribution in [0.5, 0.6) is 0 Å². The Labute approximate surface area is 149 Å². The van der Waals surface area contributed by atoms with Gasteiger partial charge in [-0.05, 0) is 54.9 Å². The van der Waals surface area contributed by atoms with Crippen LogP contribution in [-0.2, 0) is 4.74 Å². The SMILES string of the molecule is CCOC(=O)c1ccc(-n2c(Cl)nc3ccccc3c2=N)cc1.Cl. The lowest BCUT2D eigenvalue weighted by atomic mass is 10.2. The van der Waals surface area contributed by atoms with Crippen LogP contribution in [0.25, 0.3) is 16.6 Å². The summed E-state index contributed by atoms with van der Waals surface area (Å²) in [4.78, 5) is 16.0. The van der Waals surface area contributed by atoms with Gasteiger partial charge in [-0.25, -0.2) is 9.78 Å². The van der Waals surface area contributed by atoms with Crippen molar-refractivity contribution >= 4 is 40.9 Å². The van der Waals surface area contributed by atoms with Gasteiger partial charge in [-0.3, -0.25) is 9.98 Å². The summed E-state index contributed by atoms with van der Waals surface area (Å²) < 4.78 is 6.48. The fourth-order valence-corrected chi connectivity index (χ4v) is 2.60. The van der Waals surface area contributed by atoms with E-state index in [4.69, 9.17) is 21.7 Å². The number of benzene rings is 2. The number of halogens is 2. The van der Waals surface area contributed by atoms with Crippen LogP contribution in [0.4, 0.5) is 0 Å². The third-order valence-electron chi connectivity index (χ3n) is 3.42. The highest BCUT2D eigenvalue weighted by Gasteiger charge is 2.10. The monoisotopic (exact) mass is 363 g/mol. The van der Waals surface area contributed by atoms with E-state index in [0.717, 1.165) is 0 Å². The number of carbonyl (C=O) groups excluding carboxylic acids is 1. The number of nitrogens with zero attached hydrogens (tertiary/aromatic N) is 2. The van der Waals surface area contributed by atoms with Crippen molar-refractivity contribution in [2.45, 2.75) is 6.92 Å². The molecular formula is C17H15Cl2N3O2. The number of hydrogen-bond donors (Lipinski definition) is 1. The van der Waals surface area contributed by atoms with Crippen molar-refractivity contribution in [1.29, 1.82) is 5.41 Å². The predicted octanol–water partition coefficient (Wildman–Crippen LogP) is 3.76. The number of ether oxygens (including phenoxy) is 1. The summed E-state index contributed by atoms with van der Waals surface area (Å²) in [6.45, 7) is 2.08. The van der Waals surface area contributed by atoms with Crippen LogP contribution in [0.3, 0.4) is 0 Å². The van der Waals surface area contributed by atoms with Gasteiger partial charge in [0.2, 0.25) is 5.28 Å². The first kappa shape index (κ1) is 18.0. The molecule has 0 unspecified atom stereocenters. The first-order valence-corrected chi connectivity index (χ1v) is 7.49. The van der Waals surface area contributed by atoms with Crippen LogP contribution in [0.1, 0.15) is 17.3 Å². The second-order valence-electron chi connectivity index (χ2n) is 4.85. The maximum absolute atomic E-state index is 11.7. The number of hydrogen-bond acceptors (Lipinski definition) is 4. The second-order valence-corrected chi connectivity index (χ2v) is 5.19. The third kappa shape index (κ3) is 3.27. The molecule has 5 nitrogen and oxygen atoms in total. The molecule has 0 saturated carbocycles. The van der Waals surface area contributed by atoms with Crippen molar-refractivity contribution in [3.05, 3.63) is 64.9 Å². The minimum atomic E-state index is -0.377. The lowest BCUT2D eigenvalue weighted by Gasteiger charge is -2.11. The van der Waals surface area contributed by atoms with Gasteiger partial charge in [0.1, 0.15) is 5.49 Å². The van der Waals surface area contributed by atoms with Crippen LogP contribution in [0, 0.1) is 5.41 Å². The molecule has 1 heterocycles. The Morgan fingerprint density at radius 1 is 1.21 bits per heavy atom.